The van der Waals surface area contributed by atoms with Crippen LogP contribution in [-0.2, 0) is 11.3 Å². The van der Waals surface area contributed by atoms with Gasteiger partial charge in [0.05, 0.1) is 0 Å². The highest BCUT2D eigenvalue weighted by molar-refractivity contribution is 5.92. The molecule has 3 aromatic rings. The van der Waals surface area contributed by atoms with Gasteiger partial charge in [0.15, 0.2) is 5.58 Å². The van der Waals surface area contributed by atoms with Crippen LogP contribution in [0.4, 0.5) is 6.01 Å². The normalized spacial score (nSPS) is 21.4. The maximum absolute atomic E-state index is 13.2. The number of para-hydroxylation sites is 2. The van der Waals surface area contributed by atoms with Crippen molar-refractivity contribution >= 4 is 28.9 Å². The molecule has 0 radical (unpaired) electrons. The number of nitrogens with zero attached hydrogens (tertiary/aromatic N) is 3. The van der Waals surface area contributed by atoms with E-state index < -0.39 is 5.91 Å². The Kier molecular flexibility index (Phi) is 6.00. The Labute approximate surface area is 192 Å². The number of hydrogen-bond donors (Lipinski definition) is 2. The number of piperidine rings is 1. The van der Waals surface area contributed by atoms with E-state index in [1.807, 2.05) is 47.4 Å². The average Bonchev–Trinajstić information content (AvgIpc) is 3.46. The van der Waals surface area contributed by atoms with E-state index in [1.165, 1.54) is 0 Å². The summed E-state index contributed by atoms with van der Waals surface area (Å²) in [7, 11) is 0. The van der Waals surface area contributed by atoms with Gasteiger partial charge in [0.2, 0.25) is 11.8 Å². The molecule has 2 fully saturated rings. The summed E-state index contributed by atoms with van der Waals surface area (Å²) in [6.45, 7) is 3.16. The minimum atomic E-state index is -0.417. The molecular weight excluding hydrogens is 418 g/mol. The number of oxazole rings is 1. The molecule has 2 saturated heterocycles. The van der Waals surface area contributed by atoms with Crippen molar-refractivity contribution in [3.05, 3.63) is 59.7 Å². The van der Waals surface area contributed by atoms with Gasteiger partial charge in [0, 0.05) is 37.8 Å². The molecule has 1 aromatic heterocycles. The van der Waals surface area contributed by atoms with Crippen LogP contribution in [0.25, 0.3) is 11.1 Å². The smallest absolute Gasteiger partial charge is 0.299 e. The number of hydrogen-bond acceptors (Lipinski definition) is 6. The molecule has 8 heteroatoms. The van der Waals surface area contributed by atoms with Gasteiger partial charge in [-0.05, 0) is 55.5 Å². The SMILES string of the molecule is NC(=O)c1cccc(CN2CC[C@H](NC(=O)[C@@H]3CCCCN3c3nc4ccccc4o3)C2)c1. The Morgan fingerprint density at radius 1 is 1.09 bits per heavy atom. The van der Waals surface area contributed by atoms with Crippen LogP contribution in [0.15, 0.2) is 52.9 Å². The highest BCUT2D eigenvalue weighted by Gasteiger charge is 2.34. The molecule has 0 saturated carbocycles. The van der Waals surface area contributed by atoms with Crippen LogP contribution in [0.5, 0.6) is 0 Å². The van der Waals surface area contributed by atoms with Crippen LogP contribution in [0, 0.1) is 0 Å². The first-order chi connectivity index (χ1) is 16.1. The molecule has 2 aliphatic heterocycles. The zero-order valence-corrected chi connectivity index (χ0v) is 18.6. The van der Waals surface area contributed by atoms with Crippen molar-refractivity contribution in [3.8, 4) is 0 Å². The number of carbonyl (C=O) groups excluding carboxylic acids is 2. The quantitative estimate of drug-likeness (QED) is 0.602. The highest BCUT2D eigenvalue weighted by Crippen LogP contribution is 2.28. The van der Waals surface area contributed by atoms with E-state index in [9.17, 15) is 9.59 Å². The maximum atomic E-state index is 13.2. The number of fused-ring (bicyclic) bond motifs is 1. The summed E-state index contributed by atoms with van der Waals surface area (Å²) in [5.74, 6) is -0.376. The molecule has 33 heavy (non-hydrogen) atoms. The number of nitrogens with two attached hydrogens (primary N) is 1. The molecule has 2 amide bonds. The lowest BCUT2D eigenvalue weighted by atomic mass is 10.0. The molecule has 3 heterocycles. The van der Waals surface area contributed by atoms with Crippen molar-refractivity contribution in [3.63, 3.8) is 0 Å². The summed E-state index contributed by atoms with van der Waals surface area (Å²) in [6.07, 6.45) is 3.73. The van der Waals surface area contributed by atoms with Crippen molar-refractivity contribution in [2.24, 2.45) is 5.73 Å². The van der Waals surface area contributed by atoms with E-state index in [1.54, 1.807) is 6.07 Å². The van der Waals surface area contributed by atoms with E-state index in [0.717, 1.165) is 68.5 Å². The fraction of sp³-hybridized carbons (Fsp3) is 0.400. The molecule has 0 unspecified atom stereocenters. The van der Waals surface area contributed by atoms with Gasteiger partial charge in [-0.3, -0.25) is 14.5 Å². The Morgan fingerprint density at radius 2 is 1.97 bits per heavy atom. The fourth-order valence-corrected chi connectivity index (χ4v) is 4.89. The van der Waals surface area contributed by atoms with E-state index in [4.69, 9.17) is 10.2 Å². The minimum Gasteiger partial charge on any atom is -0.423 e. The van der Waals surface area contributed by atoms with Crippen molar-refractivity contribution in [2.45, 2.75) is 44.3 Å². The van der Waals surface area contributed by atoms with Crippen LogP contribution < -0.4 is 16.0 Å². The third kappa shape index (κ3) is 4.71. The van der Waals surface area contributed by atoms with Crippen LogP contribution >= 0.6 is 0 Å². The number of anilines is 1. The molecule has 8 nitrogen and oxygen atoms in total. The second-order valence-corrected chi connectivity index (χ2v) is 8.96. The predicted molar refractivity (Wildman–Crippen MR) is 126 cm³/mol. The van der Waals surface area contributed by atoms with E-state index >= 15 is 0 Å². The van der Waals surface area contributed by atoms with Crippen molar-refractivity contribution in [2.75, 3.05) is 24.5 Å². The second kappa shape index (κ2) is 9.23. The van der Waals surface area contributed by atoms with Gasteiger partial charge in [0.1, 0.15) is 11.6 Å². The predicted octanol–water partition coefficient (Wildman–Crippen LogP) is 2.68. The molecule has 0 aliphatic carbocycles. The van der Waals surface area contributed by atoms with Gasteiger partial charge in [0.25, 0.3) is 6.01 Å². The second-order valence-electron chi connectivity index (χ2n) is 8.96. The maximum Gasteiger partial charge on any atom is 0.299 e. The van der Waals surface area contributed by atoms with E-state index in [-0.39, 0.29) is 18.0 Å². The van der Waals surface area contributed by atoms with Gasteiger partial charge in [-0.25, -0.2) is 0 Å². The summed E-state index contributed by atoms with van der Waals surface area (Å²) in [5.41, 5.74) is 8.52. The lowest BCUT2D eigenvalue weighted by molar-refractivity contribution is -0.123. The fourth-order valence-electron chi connectivity index (χ4n) is 4.89. The zero-order valence-electron chi connectivity index (χ0n) is 18.6. The topological polar surface area (TPSA) is 105 Å². The molecule has 5 rings (SSSR count). The van der Waals surface area contributed by atoms with Crippen molar-refractivity contribution in [1.82, 2.24) is 15.2 Å². The molecule has 2 atom stereocenters. The number of rotatable bonds is 6. The first kappa shape index (κ1) is 21.5. The summed E-state index contributed by atoms with van der Waals surface area (Å²) >= 11 is 0. The number of aromatic nitrogens is 1. The van der Waals surface area contributed by atoms with Gasteiger partial charge in [-0.1, -0.05) is 24.3 Å². The lowest BCUT2D eigenvalue weighted by Gasteiger charge is -2.34. The minimum absolute atomic E-state index is 0.0412. The van der Waals surface area contributed by atoms with Gasteiger partial charge >= 0.3 is 0 Å². The van der Waals surface area contributed by atoms with Crippen LogP contribution in [0.2, 0.25) is 0 Å². The van der Waals surface area contributed by atoms with Crippen LogP contribution in [0.1, 0.15) is 41.6 Å². The molecule has 2 aromatic carbocycles. The summed E-state index contributed by atoms with van der Waals surface area (Å²) in [5, 5.41) is 3.26. The van der Waals surface area contributed by atoms with Crippen LogP contribution in [0.3, 0.4) is 0 Å². The van der Waals surface area contributed by atoms with Gasteiger partial charge in [-0.2, -0.15) is 4.98 Å². The van der Waals surface area contributed by atoms with Crippen LogP contribution in [-0.4, -0.2) is 53.4 Å². The highest BCUT2D eigenvalue weighted by atomic mass is 16.4. The standard InChI is InChI=1S/C25H29N5O3/c26-23(31)18-7-5-6-17(14-18)15-29-13-11-19(16-29)27-24(32)21-9-3-4-12-30(21)25-28-20-8-1-2-10-22(20)33-25/h1-2,5-8,10,14,19,21H,3-4,9,11-13,15-16H2,(H2,26,31)(H,27,32)/t19-,21-/m0/s1. The average molecular weight is 448 g/mol. The van der Waals surface area contributed by atoms with Gasteiger partial charge < -0.3 is 20.4 Å². The molecule has 0 spiro atoms. The number of nitrogens with one attached hydrogen (secondary N) is 1. The summed E-state index contributed by atoms with van der Waals surface area (Å²) in [6, 6.07) is 15.5. The number of benzene rings is 2. The summed E-state index contributed by atoms with van der Waals surface area (Å²) < 4.78 is 5.96. The molecule has 2 aliphatic rings. The van der Waals surface area contributed by atoms with Crippen molar-refractivity contribution in [1.29, 1.82) is 0 Å². The molecule has 172 valence electrons. The number of carbonyl (C=O) groups is 2. The van der Waals surface area contributed by atoms with Gasteiger partial charge in [-0.15, -0.1) is 0 Å². The number of primary amides is 1. The third-order valence-corrected chi connectivity index (χ3v) is 6.57. The Balaban J connectivity index is 1.21. The lowest BCUT2D eigenvalue weighted by Crippen LogP contribution is -2.52. The Bertz CT molecular complexity index is 1130. The van der Waals surface area contributed by atoms with E-state index in [2.05, 4.69) is 15.2 Å². The number of amides is 2. The molecule has 0 bridgehead atoms. The Morgan fingerprint density at radius 3 is 2.82 bits per heavy atom. The molecular formula is C25H29N5O3. The first-order valence-electron chi connectivity index (χ1n) is 11.6. The van der Waals surface area contributed by atoms with E-state index in [0.29, 0.717) is 11.6 Å². The third-order valence-electron chi connectivity index (χ3n) is 6.57. The first-order valence-corrected chi connectivity index (χ1v) is 11.6. The summed E-state index contributed by atoms with van der Waals surface area (Å²) in [4.78, 5) is 33.6. The largest absolute Gasteiger partial charge is 0.423 e. The molecule has 3 N–H and O–H groups in total. The van der Waals surface area contributed by atoms with Crippen molar-refractivity contribution < 1.29 is 14.0 Å². The Hall–Kier alpha value is -3.39. The number of likely N-dealkylation sites (tertiary alicyclic amines) is 1. The monoisotopic (exact) mass is 447 g/mol. The zero-order chi connectivity index (χ0) is 22.8.